The zero-order valence-electron chi connectivity index (χ0n) is 9.94. The van der Waals surface area contributed by atoms with Crippen molar-refractivity contribution in [3.8, 4) is 5.75 Å². The Labute approximate surface area is 101 Å². The van der Waals surface area contributed by atoms with Gasteiger partial charge in [0.15, 0.2) is 0 Å². The Morgan fingerprint density at radius 2 is 2.18 bits per heavy atom. The smallest absolute Gasteiger partial charge is 0.246 e. The Kier molecular flexibility index (Phi) is 3.98. The van der Waals surface area contributed by atoms with Crippen LogP contribution in [0.5, 0.6) is 5.75 Å². The van der Waals surface area contributed by atoms with Gasteiger partial charge in [-0.25, -0.2) is 0 Å². The van der Waals surface area contributed by atoms with Gasteiger partial charge >= 0.3 is 0 Å². The van der Waals surface area contributed by atoms with Crippen molar-refractivity contribution in [3.63, 3.8) is 0 Å². The highest BCUT2D eigenvalue weighted by Gasteiger charge is 2.19. The van der Waals surface area contributed by atoms with E-state index in [1.165, 1.54) is 0 Å². The normalized spacial score (nSPS) is 19.8. The third-order valence-corrected chi connectivity index (χ3v) is 2.61. The minimum absolute atomic E-state index is 0.0449. The Morgan fingerprint density at radius 1 is 1.41 bits per heavy atom. The van der Waals surface area contributed by atoms with Crippen LogP contribution in [0.15, 0.2) is 24.3 Å². The van der Waals surface area contributed by atoms with Crippen LogP contribution >= 0.6 is 0 Å². The summed E-state index contributed by atoms with van der Waals surface area (Å²) in [5.41, 5.74) is 1.04. The summed E-state index contributed by atoms with van der Waals surface area (Å²) in [6, 6.07) is 7.73. The molecule has 1 amide bonds. The molecule has 0 aliphatic carbocycles. The number of hydrogen-bond acceptors (Lipinski definition) is 3. The fourth-order valence-corrected chi connectivity index (χ4v) is 1.74. The number of carbonyl (C=O) groups excluding carboxylic acids is 1. The van der Waals surface area contributed by atoms with Gasteiger partial charge in [-0.1, -0.05) is 19.1 Å². The summed E-state index contributed by atoms with van der Waals surface area (Å²) in [6.07, 6.45) is 0.994. The second kappa shape index (κ2) is 5.68. The Balaban J connectivity index is 1.99. The van der Waals surface area contributed by atoms with Crippen LogP contribution in [0.1, 0.15) is 24.9 Å². The van der Waals surface area contributed by atoms with Crippen LogP contribution in [0.25, 0.3) is 0 Å². The monoisotopic (exact) mass is 235 g/mol. The molecule has 0 saturated carbocycles. The molecule has 1 saturated heterocycles. The first-order valence-corrected chi connectivity index (χ1v) is 5.89. The molecule has 1 aliphatic rings. The number of carbonyl (C=O) groups is 1. The molecule has 1 aliphatic heterocycles. The Hall–Kier alpha value is -1.55. The van der Waals surface area contributed by atoms with Crippen molar-refractivity contribution in [2.75, 3.05) is 19.8 Å². The summed E-state index contributed by atoms with van der Waals surface area (Å²) in [4.78, 5) is 11.2. The molecule has 0 aromatic heterocycles. The predicted octanol–water partition coefficient (Wildman–Crippen LogP) is 1.66. The van der Waals surface area contributed by atoms with Crippen molar-refractivity contribution in [2.45, 2.75) is 19.4 Å². The van der Waals surface area contributed by atoms with Gasteiger partial charge in [-0.3, -0.25) is 4.79 Å². The molecule has 0 radical (unpaired) electrons. The summed E-state index contributed by atoms with van der Waals surface area (Å²) in [7, 11) is 0. The fraction of sp³-hybridized carbons (Fsp3) is 0.462. The van der Waals surface area contributed by atoms with Crippen molar-refractivity contribution < 1.29 is 14.3 Å². The largest absolute Gasteiger partial charge is 0.494 e. The van der Waals surface area contributed by atoms with Gasteiger partial charge in [0, 0.05) is 0 Å². The average Bonchev–Trinajstić information content (AvgIpc) is 2.37. The highest BCUT2D eigenvalue weighted by molar-refractivity contribution is 5.78. The minimum atomic E-state index is -0.0624. The number of amides is 1. The number of ether oxygens (including phenoxy) is 2. The molecule has 1 atom stereocenters. The van der Waals surface area contributed by atoms with Crippen molar-refractivity contribution in [1.82, 2.24) is 5.32 Å². The van der Waals surface area contributed by atoms with Gasteiger partial charge in [0.05, 0.1) is 19.3 Å². The first kappa shape index (κ1) is 11.9. The zero-order valence-corrected chi connectivity index (χ0v) is 9.94. The Bertz CT molecular complexity index is 375. The van der Waals surface area contributed by atoms with E-state index in [1.807, 2.05) is 24.3 Å². The molecule has 1 N–H and O–H groups in total. The molecule has 1 aromatic carbocycles. The molecule has 92 valence electrons. The summed E-state index contributed by atoms with van der Waals surface area (Å²) >= 11 is 0. The Morgan fingerprint density at radius 3 is 2.82 bits per heavy atom. The number of morpholine rings is 1. The molecule has 1 fully saturated rings. The van der Waals surface area contributed by atoms with Gasteiger partial charge in [0.25, 0.3) is 0 Å². The van der Waals surface area contributed by atoms with E-state index in [1.54, 1.807) is 0 Å². The lowest BCUT2D eigenvalue weighted by molar-refractivity contribution is -0.131. The van der Waals surface area contributed by atoms with E-state index >= 15 is 0 Å². The second-order valence-corrected chi connectivity index (χ2v) is 4.05. The summed E-state index contributed by atoms with van der Waals surface area (Å²) in [5.74, 6) is 0.797. The quantitative estimate of drug-likeness (QED) is 0.863. The predicted molar refractivity (Wildman–Crippen MR) is 63.9 cm³/mol. The minimum Gasteiger partial charge on any atom is -0.494 e. The number of hydrogen-bond donors (Lipinski definition) is 1. The van der Waals surface area contributed by atoms with Gasteiger partial charge in [-0.15, -0.1) is 0 Å². The lowest BCUT2D eigenvalue weighted by atomic mass is 10.1. The zero-order chi connectivity index (χ0) is 12.1. The van der Waals surface area contributed by atoms with E-state index < -0.39 is 0 Å². The summed E-state index contributed by atoms with van der Waals surface area (Å²) in [6.45, 7) is 3.49. The van der Waals surface area contributed by atoms with E-state index in [9.17, 15) is 4.79 Å². The number of rotatable bonds is 4. The van der Waals surface area contributed by atoms with Crippen molar-refractivity contribution in [2.24, 2.45) is 0 Å². The average molecular weight is 235 g/mol. The molecule has 17 heavy (non-hydrogen) atoms. The molecule has 0 bridgehead atoms. The lowest BCUT2D eigenvalue weighted by Gasteiger charge is -2.23. The lowest BCUT2D eigenvalue weighted by Crippen LogP contribution is -2.39. The maximum absolute atomic E-state index is 11.2. The van der Waals surface area contributed by atoms with Crippen LogP contribution in [-0.2, 0) is 9.53 Å². The van der Waals surface area contributed by atoms with Crippen LogP contribution in [0.3, 0.4) is 0 Å². The highest BCUT2D eigenvalue weighted by atomic mass is 16.5. The van der Waals surface area contributed by atoms with Gasteiger partial charge in [-0.2, -0.15) is 0 Å². The number of benzene rings is 1. The third-order valence-electron chi connectivity index (χ3n) is 2.61. The molecular formula is C13H17NO3. The van der Waals surface area contributed by atoms with Crippen LogP contribution in [0, 0.1) is 0 Å². The molecular weight excluding hydrogens is 218 g/mol. The second-order valence-electron chi connectivity index (χ2n) is 4.05. The molecule has 0 spiro atoms. The molecule has 1 heterocycles. The van der Waals surface area contributed by atoms with E-state index in [2.05, 4.69) is 12.2 Å². The first-order valence-electron chi connectivity index (χ1n) is 5.89. The molecule has 4 heteroatoms. The van der Waals surface area contributed by atoms with E-state index in [0.29, 0.717) is 6.61 Å². The standard InChI is InChI=1S/C13H17NO3/c1-2-7-17-11-5-3-10(4-6-11)12-8-16-9-13(15)14-12/h3-6,12H,2,7-9H2,1H3,(H,14,15)/t12-/m1/s1. The van der Waals surface area contributed by atoms with Crippen LogP contribution in [0.2, 0.25) is 0 Å². The van der Waals surface area contributed by atoms with Crippen molar-refractivity contribution in [3.05, 3.63) is 29.8 Å². The van der Waals surface area contributed by atoms with Crippen molar-refractivity contribution in [1.29, 1.82) is 0 Å². The molecule has 1 aromatic rings. The van der Waals surface area contributed by atoms with Gasteiger partial charge in [0.1, 0.15) is 12.4 Å². The van der Waals surface area contributed by atoms with Gasteiger partial charge in [0.2, 0.25) is 5.91 Å². The first-order chi connectivity index (χ1) is 8.29. The van der Waals surface area contributed by atoms with Crippen molar-refractivity contribution >= 4 is 5.91 Å². The third kappa shape index (κ3) is 3.20. The topological polar surface area (TPSA) is 47.6 Å². The summed E-state index contributed by atoms with van der Waals surface area (Å²) in [5, 5.41) is 2.89. The molecule has 2 rings (SSSR count). The van der Waals surface area contributed by atoms with Crippen LogP contribution < -0.4 is 10.1 Å². The fourth-order valence-electron chi connectivity index (χ4n) is 1.74. The van der Waals surface area contributed by atoms with Crippen LogP contribution in [-0.4, -0.2) is 25.7 Å². The van der Waals surface area contributed by atoms with Gasteiger partial charge < -0.3 is 14.8 Å². The van der Waals surface area contributed by atoms with Gasteiger partial charge in [-0.05, 0) is 24.1 Å². The summed E-state index contributed by atoms with van der Waals surface area (Å²) < 4.78 is 10.7. The SMILES string of the molecule is CCCOc1ccc([C@H]2COCC(=O)N2)cc1. The highest BCUT2D eigenvalue weighted by Crippen LogP contribution is 2.19. The maximum atomic E-state index is 11.2. The van der Waals surface area contributed by atoms with E-state index in [0.717, 1.165) is 24.3 Å². The van der Waals surface area contributed by atoms with E-state index in [4.69, 9.17) is 9.47 Å². The number of nitrogens with one attached hydrogen (secondary N) is 1. The molecule has 0 unspecified atom stereocenters. The maximum Gasteiger partial charge on any atom is 0.246 e. The van der Waals surface area contributed by atoms with E-state index in [-0.39, 0.29) is 18.6 Å². The van der Waals surface area contributed by atoms with Crippen LogP contribution in [0.4, 0.5) is 0 Å². The molecule has 4 nitrogen and oxygen atoms in total.